The fourth-order valence-electron chi connectivity index (χ4n) is 3.83. The standard InChI is InChI=1S/C23H23ClN4O/c24-19-3-6-22-21(11-19)23(18(12-25)14-26-22)27-13-16-1-4-20(5-2-16)28-9-7-17(15-29)8-10-28/h1-6,11,14,17,29H,7-10,13,15H2,(H,26,27). The van der Waals surface area contributed by atoms with Crippen molar-refractivity contribution in [3.63, 3.8) is 0 Å². The van der Waals surface area contributed by atoms with Gasteiger partial charge in [-0.3, -0.25) is 4.98 Å². The van der Waals surface area contributed by atoms with E-state index in [4.69, 9.17) is 11.6 Å². The monoisotopic (exact) mass is 406 g/mol. The number of pyridine rings is 1. The predicted molar refractivity (Wildman–Crippen MR) is 117 cm³/mol. The molecule has 0 amide bonds. The van der Waals surface area contributed by atoms with Gasteiger partial charge in [-0.05, 0) is 54.7 Å². The van der Waals surface area contributed by atoms with Gasteiger partial charge in [-0.15, -0.1) is 0 Å². The summed E-state index contributed by atoms with van der Waals surface area (Å²) in [4.78, 5) is 6.71. The Hall–Kier alpha value is -2.81. The third-order valence-electron chi connectivity index (χ3n) is 5.59. The molecule has 0 saturated carbocycles. The summed E-state index contributed by atoms with van der Waals surface area (Å²) >= 11 is 6.16. The normalized spacial score (nSPS) is 14.7. The number of piperidine rings is 1. The number of aromatic nitrogens is 1. The molecule has 0 spiro atoms. The molecule has 2 aromatic carbocycles. The smallest absolute Gasteiger partial charge is 0.103 e. The predicted octanol–water partition coefficient (Wildman–Crippen LogP) is 4.58. The molecule has 2 N–H and O–H groups in total. The molecule has 0 bridgehead atoms. The Morgan fingerprint density at radius 3 is 2.62 bits per heavy atom. The van der Waals surface area contributed by atoms with Gasteiger partial charge >= 0.3 is 0 Å². The van der Waals surface area contributed by atoms with Crippen LogP contribution in [0.5, 0.6) is 0 Å². The van der Waals surface area contributed by atoms with E-state index < -0.39 is 0 Å². The molecular weight excluding hydrogens is 384 g/mol. The zero-order valence-corrected chi connectivity index (χ0v) is 16.9. The van der Waals surface area contributed by atoms with Gasteiger partial charge in [0, 0.05) is 48.5 Å². The number of nitrogens with one attached hydrogen (secondary N) is 1. The van der Waals surface area contributed by atoms with Crippen LogP contribution in [-0.2, 0) is 6.54 Å². The molecule has 3 aromatic rings. The van der Waals surface area contributed by atoms with Gasteiger partial charge in [-0.25, -0.2) is 0 Å². The third-order valence-corrected chi connectivity index (χ3v) is 5.83. The van der Waals surface area contributed by atoms with Crippen LogP contribution in [0.3, 0.4) is 0 Å². The second kappa shape index (κ2) is 8.69. The van der Waals surface area contributed by atoms with Crippen molar-refractivity contribution >= 4 is 33.9 Å². The van der Waals surface area contributed by atoms with Gasteiger partial charge in [0.15, 0.2) is 0 Å². The lowest BCUT2D eigenvalue weighted by molar-refractivity contribution is 0.203. The first-order chi connectivity index (χ1) is 14.2. The van der Waals surface area contributed by atoms with E-state index in [0.717, 1.165) is 48.1 Å². The van der Waals surface area contributed by atoms with Crippen molar-refractivity contribution in [1.82, 2.24) is 4.98 Å². The number of aliphatic hydroxyl groups excluding tert-OH is 1. The highest BCUT2D eigenvalue weighted by molar-refractivity contribution is 6.31. The van der Waals surface area contributed by atoms with Crippen molar-refractivity contribution in [2.24, 2.45) is 5.92 Å². The molecule has 1 aromatic heterocycles. The molecule has 1 aliphatic heterocycles. The second-order valence-electron chi connectivity index (χ2n) is 7.45. The Balaban J connectivity index is 1.48. The highest BCUT2D eigenvalue weighted by Crippen LogP contribution is 2.29. The summed E-state index contributed by atoms with van der Waals surface area (Å²) in [6, 6.07) is 16.2. The fourth-order valence-corrected chi connectivity index (χ4v) is 4.00. The number of halogens is 1. The number of aliphatic hydroxyl groups is 1. The molecule has 2 heterocycles. The Morgan fingerprint density at radius 2 is 1.93 bits per heavy atom. The van der Waals surface area contributed by atoms with Crippen LogP contribution in [0.1, 0.15) is 24.0 Å². The number of hydrogen-bond acceptors (Lipinski definition) is 5. The maximum atomic E-state index is 9.48. The number of fused-ring (bicyclic) bond motifs is 1. The maximum absolute atomic E-state index is 9.48. The van der Waals surface area contributed by atoms with Crippen molar-refractivity contribution in [2.75, 3.05) is 29.9 Å². The van der Waals surface area contributed by atoms with Crippen LogP contribution in [0.25, 0.3) is 10.9 Å². The van der Waals surface area contributed by atoms with Crippen molar-refractivity contribution in [3.8, 4) is 6.07 Å². The van der Waals surface area contributed by atoms with E-state index in [1.54, 1.807) is 12.3 Å². The van der Waals surface area contributed by atoms with Gasteiger partial charge in [-0.2, -0.15) is 5.26 Å². The SMILES string of the molecule is N#Cc1cnc2ccc(Cl)cc2c1NCc1ccc(N2CCC(CO)CC2)cc1. The Labute approximate surface area is 175 Å². The average molecular weight is 407 g/mol. The molecule has 148 valence electrons. The molecule has 5 nitrogen and oxygen atoms in total. The lowest BCUT2D eigenvalue weighted by atomic mass is 9.97. The molecule has 0 radical (unpaired) electrons. The largest absolute Gasteiger partial charge is 0.396 e. The summed E-state index contributed by atoms with van der Waals surface area (Å²) in [5, 5.41) is 23.6. The Morgan fingerprint density at radius 1 is 1.17 bits per heavy atom. The molecular formula is C23H23ClN4O. The van der Waals surface area contributed by atoms with Crippen LogP contribution in [0, 0.1) is 17.2 Å². The quantitative estimate of drug-likeness (QED) is 0.648. The highest BCUT2D eigenvalue weighted by atomic mass is 35.5. The summed E-state index contributed by atoms with van der Waals surface area (Å²) in [7, 11) is 0. The third kappa shape index (κ3) is 4.29. The van der Waals surface area contributed by atoms with Crippen LogP contribution < -0.4 is 10.2 Å². The van der Waals surface area contributed by atoms with Crippen LogP contribution in [0.2, 0.25) is 5.02 Å². The van der Waals surface area contributed by atoms with Gasteiger partial charge in [0.1, 0.15) is 6.07 Å². The Bertz CT molecular complexity index is 1040. The number of hydrogen-bond donors (Lipinski definition) is 2. The zero-order valence-electron chi connectivity index (χ0n) is 16.1. The number of nitriles is 1. The first-order valence-corrected chi connectivity index (χ1v) is 10.2. The van der Waals surface area contributed by atoms with Gasteiger partial charge < -0.3 is 15.3 Å². The lowest BCUT2D eigenvalue weighted by Crippen LogP contribution is -2.34. The van der Waals surface area contributed by atoms with Gasteiger partial charge in [0.05, 0.1) is 16.8 Å². The van der Waals surface area contributed by atoms with E-state index in [9.17, 15) is 10.4 Å². The minimum atomic E-state index is 0.290. The summed E-state index contributed by atoms with van der Waals surface area (Å²) in [5.74, 6) is 0.438. The Kier molecular flexibility index (Phi) is 5.84. The number of benzene rings is 2. The van der Waals surface area contributed by atoms with Crippen LogP contribution in [-0.4, -0.2) is 29.8 Å². The van der Waals surface area contributed by atoms with E-state index in [-0.39, 0.29) is 6.61 Å². The molecule has 0 atom stereocenters. The van der Waals surface area contributed by atoms with E-state index in [1.807, 2.05) is 12.1 Å². The summed E-state index contributed by atoms with van der Waals surface area (Å²) < 4.78 is 0. The molecule has 0 unspecified atom stereocenters. The molecule has 1 aliphatic rings. The van der Waals surface area contributed by atoms with Crippen molar-refractivity contribution in [3.05, 3.63) is 64.8 Å². The van der Waals surface area contributed by atoms with Crippen LogP contribution >= 0.6 is 11.6 Å². The van der Waals surface area contributed by atoms with Gasteiger partial charge in [0.2, 0.25) is 0 Å². The summed E-state index contributed by atoms with van der Waals surface area (Å²) in [6.07, 6.45) is 3.67. The highest BCUT2D eigenvalue weighted by Gasteiger charge is 2.18. The van der Waals surface area contributed by atoms with Gasteiger partial charge in [-0.1, -0.05) is 23.7 Å². The molecule has 4 rings (SSSR count). The van der Waals surface area contributed by atoms with Crippen molar-refractivity contribution < 1.29 is 5.11 Å². The van der Waals surface area contributed by atoms with E-state index in [0.29, 0.717) is 23.0 Å². The molecule has 1 saturated heterocycles. The minimum absolute atomic E-state index is 0.290. The van der Waals surface area contributed by atoms with Crippen LogP contribution in [0.15, 0.2) is 48.7 Å². The average Bonchev–Trinajstić information content (AvgIpc) is 2.77. The molecule has 0 aliphatic carbocycles. The van der Waals surface area contributed by atoms with Crippen molar-refractivity contribution in [2.45, 2.75) is 19.4 Å². The van der Waals surface area contributed by atoms with E-state index in [1.165, 1.54) is 5.69 Å². The topological polar surface area (TPSA) is 72.2 Å². The first kappa shape index (κ1) is 19.5. The minimum Gasteiger partial charge on any atom is -0.396 e. The molecule has 1 fully saturated rings. The maximum Gasteiger partial charge on any atom is 0.103 e. The number of rotatable bonds is 5. The second-order valence-corrected chi connectivity index (χ2v) is 7.89. The van der Waals surface area contributed by atoms with Gasteiger partial charge in [0.25, 0.3) is 0 Å². The lowest BCUT2D eigenvalue weighted by Gasteiger charge is -2.33. The molecule has 29 heavy (non-hydrogen) atoms. The number of anilines is 2. The van der Waals surface area contributed by atoms with E-state index in [2.05, 4.69) is 45.5 Å². The van der Waals surface area contributed by atoms with Crippen molar-refractivity contribution in [1.29, 1.82) is 5.26 Å². The fraction of sp³-hybridized carbons (Fsp3) is 0.304. The van der Waals surface area contributed by atoms with Crippen LogP contribution in [0.4, 0.5) is 11.4 Å². The first-order valence-electron chi connectivity index (χ1n) is 9.85. The van der Waals surface area contributed by atoms with E-state index >= 15 is 0 Å². The summed E-state index contributed by atoms with van der Waals surface area (Å²) in [5.41, 5.74) is 4.41. The zero-order chi connectivity index (χ0) is 20.2. The summed E-state index contributed by atoms with van der Waals surface area (Å²) in [6.45, 7) is 2.86. The molecule has 6 heteroatoms. The number of nitrogens with zero attached hydrogens (tertiary/aromatic N) is 3.